The fraction of sp³-hybridized carbons (Fsp3) is 0.250. The summed E-state index contributed by atoms with van der Waals surface area (Å²) in [6.45, 7) is 1.13. The van der Waals surface area contributed by atoms with Crippen LogP contribution in [0.4, 0.5) is 0 Å². The van der Waals surface area contributed by atoms with Crippen molar-refractivity contribution in [2.24, 2.45) is 5.92 Å². The molecule has 0 fully saturated rings. The Labute approximate surface area is 184 Å². The summed E-state index contributed by atoms with van der Waals surface area (Å²) in [6, 6.07) is 16.3. The van der Waals surface area contributed by atoms with Gasteiger partial charge in [0.1, 0.15) is 12.7 Å². The molecule has 0 aliphatic heterocycles. The standard InChI is InChI=1S/C24H23N5OS/c30-23(26-13-17-7-1-2-8-18(17)14-29-16-25-15-27-29)19-9-3-4-10-20(19)24-28-21-11-5-6-12-22(21)31-24/h1-8,11-12,15-16,19-20H,9-10,13-14H2,(H,26,30). The van der Waals surface area contributed by atoms with E-state index in [-0.39, 0.29) is 17.7 Å². The summed E-state index contributed by atoms with van der Waals surface area (Å²) < 4.78 is 2.96. The third-order valence-corrected chi connectivity index (χ3v) is 6.94. The van der Waals surface area contributed by atoms with Crippen LogP contribution >= 0.6 is 11.3 Å². The first kappa shape index (κ1) is 19.6. The molecule has 6 nitrogen and oxygen atoms in total. The van der Waals surface area contributed by atoms with Crippen LogP contribution in [0.25, 0.3) is 10.2 Å². The normalized spacial score (nSPS) is 18.3. The van der Waals surface area contributed by atoms with Gasteiger partial charge < -0.3 is 5.32 Å². The van der Waals surface area contributed by atoms with E-state index in [0.29, 0.717) is 13.1 Å². The summed E-state index contributed by atoms with van der Waals surface area (Å²) in [5.74, 6) is 0.102. The highest BCUT2D eigenvalue weighted by Gasteiger charge is 2.32. The van der Waals surface area contributed by atoms with Gasteiger partial charge in [-0.2, -0.15) is 5.10 Å². The molecule has 2 aromatic heterocycles. The number of benzene rings is 2. The molecule has 0 saturated heterocycles. The van der Waals surface area contributed by atoms with Crippen LogP contribution in [0.5, 0.6) is 0 Å². The molecule has 1 amide bonds. The summed E-state index contributed by atoms with van der Waals surface area (Å²) in [4.78, 5) is 22.0. The number of hydrogen-bond acceptors (Lipinski definition) is 5. The molecule has 5 rings (SSSR count). The van der Waals surface area contributed by atoms with Crippen LogP contribution in [-0.4, -0.2) is 25.7 Å². The highest BCUT2D eigenvalue weighted by Crippen LogP contribution is 2.38. The average Bonchev–Trinajstić information content (AvgIpc) is 3.48. The van der Waals surface area contributed by atoms with E-state index in [1.807, 2.05) is 30.3 Å². The number of fused-ring (bicyclic) bond motifs is 1. The molecule has 0 spiro atoms. The first-order valence-corrected chi connectivity index (χ1v) is 11.3. The van der Waals surface area contributed by atoms with Gasteiger partial charge in [0, 0.05) is 12.5 Å². The maximum absolute atomic E-state index is 13.2. The maximum atomic E-state index is 13.2. The van der Waals surface area contributed by atoms with E-state index in [2.05, 4.69) is 45.8 Å². The van der Waals surface area contributed by atoms with Crippen molar-refractivity contribution in [1.29, 1.82) is 0 Å². The first-order valence-electron chi connectivity index (χ1n) is 10.5. The minimum atomic E-state index is -0.104. The summed E-state index contributed by atoms with van der Waals surface area (Å²) >= 11 is 1.70. The number of allylic oxidation sites excluding steroid dienone is 2. The zero-order valence-electron chi connectivity index (χ0n) is 17.0. The maximum Gasteiger partial charge on any atom is 0.224 e. The van der Waals surface area contributed by atoms with Gasteiger partial charge in [0.15, 0.2) is 0 Å². The number of thiazole rings is 1. The minimum Gasteiger partial charge on any atom is -0.352 e. The lowest BCUT2D eigenvalue weighted by molar-refractivity contribution is -0.125. The van der Waals surface area contributed by atoms with Gasteiger partial charge in [-0.25, -0.2) is 14.6 Å². The third kappa shape index (κ3) is 4.27. The topological polar surface area (TPSA) is 72.7 Å². The number of carbonyl (C=O) groups excluding carboxylic acids is 1. The number of carbonyl (C=O) groups is 1. The van der Waals surface area contributed by atoms with Crippen molar-refractivity contribution in [3.8, 4) is 0 Å². The molecule has 2 unspecified atom stereocenters. The zero-order chi connectivity index (χ0) is 21.0. The zero-order valence-corrected chi connectivity index (χ0v) is 17.8. The number of aromatic nitrogens is 4. The molecule has 7 heteroatoms. The van der Waals surface area contributed by atoms with E-state index in [1.54, 1.807) is 22.3 Å². The van der Waals surface area contributed by atoms with E-state index < -0.39 is 0 Å². The second kappa shape index (κ2) is 8.81. The predicted molar refractivity (Wildman–Crippen MR) is 122 cm³/mol. The molecule has 4 aromatic rings. The molecule has 1 N–H and O–H groups in total. The number of amides is 1. The Morgan fingerprint density at radius 1 is 1.06 bits per heavy atom. The van der Waals surface area contributed by atoms with Gasteiger partial charge in [-0.05, 0) is 36.1 Å². The quantitative estimate of drug-likeness (QED) is 0.464. The van der Waals surface area contributed by atoms with Gasteiger partial charge in [-0.1, -0.05) is 48.6 Å². The minimum absolute atomic E-state index is 0.0872. The second-order valence-corrected chi connectivity index (χ2v) is 8.82. The van der Waals surface area contributed by atoms with Crippen LogP contribution in [0, 0.1) is 5.92 Å². The van der Waals surface area contributed by atoms with Crippen molar-refractivity contribution < 1.29 is 4.79 Å². The van der Waals surface area contributed by atoms with Crippen LogP contribution < -0.4 is 5.32 Å². The summed E-state index contributed by atoms with van der Waals surface area (Å²) in [5.41, 5.74) is 3.23. The van der Waals surface area contributed by atoms with E-state index in [4.69, 9.17) is 4.98 Å². The van der Waals surface area contributed by atoms with Crippen LogP contribution in [0.3, 0.4) is 0 Å². The van der Waals surface area contributed by atoms with E-state index in [9.17, 15) is 4.79 Å². The third-order valence-electron chi connectivity index (χ3n) is 5.77. The number of nitrogens with zero attached hydrogens (tertiary/aromatic N) is 4. The van der Waals surface area contributed by atoms with Crippen molar-refractivity contribution in [1.82, 2.24) is 25.1 Å². The van der Waals surface area contributed by atoms with Crippen molar-refractivity contribution in [3.63, 3.8) is 0 Å². The van der Waals surface area contributed by atoms with Gasteiger partial charge >= 0.3 is 0 Å². The Kier molecular flexibility index (Phi) is 5.58. The Morgan fingerprint density at radius 2 is 1.87 bits per heavy atom. The van der Waals surface area contributed by atoms with Gasteiger partial charge in [0.25, 0.3) is 0 Å². The predicted octanol–water partition coefficient (Wildman–Crippen LogP) is 4.30. The largest absolute Gasteiger partial charge is 0.352 e. The molecule has 2 heterocycles. The van der Waals surface area contributed by atoms with Crippen molar-refractivity contribution in [3.05, 3.63) is 89.5 Å². The molecule has 2 atom stereocenters. The van der Waals surface area contributed by atoms with Gasteiger partial charge in [-0.3, -0.25) is 4.79 Å². The van der Waals surface area contributed by atoms with E-state index in [0.717, 1.165) is 34.5 Å². The Balaban J connectivity index is 1.31. The molecule has 1 aliphatic carbocycles. The second-order valence-electron chi connectivity index (χ2n) is 7.76. The SMILES string of the molecule is O=C(NCc1ccccc1Cn1cncn1)C1CC=CCC1c1nc2ccccc2s1. The fourth-order valence-corrected chi connectivity index (χ4v) is 5.26. The van der Waals surface area contributed by atoms with Crippen molar-refractivity contribution in [2.45, 2.75) is 31.8 Å². The fourth-order valence-electron chi connectivity index (χ4n) is 4.11. The van der Waals surface area contributed by atoms with Crippen LogP contribution in [0.2, 0.25) is 0 Å². The molecule has 1 aliphatic rings. The van der Waals surface area contributed by atoms with Crippen molar-refractivity contribution >= 4 is 27.5 Å². The lowest BCUT2D eigenvalue weighted by Crippen LogP contribution is -2.34. The molecule has 0 radical (unpaired) electrons. The van der Waals surface area contributed by atoms with Crippen LogP contribution in [0.1, 0.15) is 34.9 Å². The lowest BCUT2D eigenvalue weighted by Gasteiger charge is -2.26. The van der Waals surface area contributed by atoms with Crippen molar-refractivity contribution in [2.75, 3.05) is 0 Å². The lowest BCUT2D eigenvalue weighted by atomic mass is 9.82. The monoisotopic (exact) mass is 429 g/mol. The Morgan fingerprint density at radius 3 is 2.71 bits per heavy atom. The smallest absolute Gasteiger partial charge is 0.224 e. The summed E-state index contributed by atoms with van der Waals surface area (Å²) in [6.07, 6.45) is 9.12. The highest BCUT2D eigenvalue weighted by molar-refractivity contribution is 7.18. The van der Waals surface area contributed by atoms with E-state index in [1.165, 1.54) is 11.0 Å². The molecular weight excluding hydrogens is 406 g/mol. The first-order chi connectivity index (χ1) is 15.3. The number of rotatable bonds is 6. The molecular formula is C24H23N5OS. The highest BCUT2D eigenvalue weighted by atomic mass is 32.1. The average molecular weight is 430 g/mol. The summed E-state index contributed by atoms with van der Waals surface area (Å²) in [7, 11) is 0. The molecule has 2 aromatic carbocycles. The van der Waals surface area contributed by atoms with Gasteiger partial charge in [0.05, 0.1) is 27.7 Å². The molecule has 31 heavy (non-hydrogen) atoms. The van der Waals surface area contributed by atoms with E-state index >= 15 is 0 Å². The van der Waals surface area contributed by atoms with Crippen LogP contribution in [-0.2, 0) is 17.9 Å². The number of para-hydroxylation sites is 1. The van der Waals surface area contributed by atoms with Gasteiger partial charge in [0.2, 0.25) is 5.91 Å². The molecule has 0 bridgehead atoms. The van der Waals surface area contributed by atoms with Gasteiger partial charge in [-0.15, -0.1) is 11.3 Å². The number of nitrogens with one attached hydrogen (secondary N) is 1. The van der Waals surface area contributed by atoms with Crippen LogP contribution in [0.15, 0.2) is 73.3 Å². The Bertz CT molecular complexity index is 1180. The summed E-state index contributed by atoms with van der Waals surface area (Å²) in [5, 5.41) is 8.42. The molecule has 156 valence electrons. The number of hydrogen-bond donors (Lipinski definition) is 1. The molecule has 0 saturated carbocycles. The Hall–Kier alpha value is -3.32.